The van der Waals surface area contributed by atoms with Gasteiger partial charge in [-0.3, -0.25) is 5.41 Å². The zero-order valence-corrected chi connectivity index (χ0v) is 16.3. The van der Waals surface area contributed by atoms with Gasteiger partial charge in [-0.15, -0.1) is 0 Å². The van der Waals surface area contributed by atoms with Crippen molar-refractivity contribution in [3.05, 3.63) is 0 Å². The van der Waals surface area contributed by atoms with Gasteiger partial charge in [-0.1, -0.05) is 46.0 Å². The molecule has 144 valence electrons. The van der Waals surface area contributed by atoms with Crippen molar-refractivity contribution in [2.24, 2.45) is 22.7 Å². The predicted molar refractivity (Wildman–Crippen MR) is 98.0 cm³/mol. The van der Waals surface area contributed by atoms with Crippen LogP contribution in [0.2, 0.25) is 0 Å². The molecule has 27 heavy (non-hydrogen) atoms. The molecule has 0 aromatic carbocycles. The lowest BCUT2D eigenvalue weighted by atomic mass is 9.50. The van der Waals surface area contributed by atoms with Gasteiger partial charge in [-0.25, -0.2) is 0 Å². The number of hydrogen-bond donors (Lipinski definition) is 1. The minimum Gasteiger partial charge on any atom is -0.447 e. The third-order valence-electron chi connectivity index (χ3n) is 6.90. The maximum atomic E-state index is 10.2. The normalized spacial score (nSPS) is 38.8. The summed E-state index contributed by atoms with van der Waals surface area (Å²) in [7, 11) is 0. The molecule has 2 bridgehead atoms. The first-order chi connectivity index (χ1) is 13.0. The number of hydrogen-bond acceptors (Lipinski definition) is 6. The third kappa shape index (κ3) is 2.49. The van der Waals surface area contributed by atoms with Crippen LogP contribution in [0.3, 0.4) is 0 Å². The summed E-state index contributed by atoms with van der Waals surface area (Å²) in [5.41, 5.74) is -3.25. The first-order valence-corrected chi connectivity index (χ1v) is 10.2. The first kappa shape index (κ1) is 19.7. The van der Waals surface area contributed by atoms with Crippen LogP contribution < -0.4 is 0 Å². The highest BCUT2D eigenvalue weighted by atomic mass is 16.7. The van der Waals surface area contributed by atoms with Gasteiger partial charge in [0.1, 0.15) is 0 Å². The van der Waals surface area contributed by atoms with E-state index in [4.69, 9.17) is 14.9 Å². The first-order valence-electron chi connectivity index (χ1n) is 10.2. The molecule has 0 radical (unpaired) electrons. The van der Waals surface area contributed by atoms with Crippen LogP contribution in [-0.2, 0) is 9.47 Å². The zero-order valence-electron chi connectivity index (χ0n) is 16.3. The van der Waals surface area contributed by atoms with Gasteiger partial charge in [0.05, 0.1) is 30.2 Å². The third-order valence-corrected chi connectivity index (χ3v) is 6.90. The minimum atomic E-state index is -1.70. The molecule has 6 heteroatoms. The van der Waals surface area contributed by atoms with E-state index in [-0.39, 0.29) is 5.90 Å². The smallest absolute Gasteiger partial charge is 0.217 e. The van der Waals surface area contributed by atoms with Crippen molar-refractivity contribution in [2.45, 2.75) is 83.5 Å². The molecule has 3 aliphatic rings. The molecular formula is C21H28N4O2. The Morgan fingerprint density at radius 1 is 1.07 bits per heavy atom. The van der Waals surface area contributed by atoms with Crippen molar-refractivity contribution in [1.29, 1.82) is 21.2 Å². The van der Waals surface area contributed by atoms with E-state index >= 15 is 0 Å². The summed E-state index contributed by atoms with van der Waals surface area (Å²) in [5, 5.41) is 39.0. The van der Waals surface area contributed by atoms with Crippen LogP contribution in [-0.4, -0.2) is 17.8 Å². The molecule has 3 rings (SSSR count). The summed E-state index contributed by atoms with van der Waals surface area (Å²) >= 11 is 0. The molecule has 1 aliphatic carbocycles. The number of ether oxygens (including phenoxy) is 2. The largest absolute Gasteiger partial charge is 0.447 e. The summed E-state index contributed by atoms with van der Waals surface area (Å²) in [6, 6.07) is 6.54. The van der Waals surface area contributed by atoms with Gasteiger partial charge in [-0.05, 0) is 25.2 Å². The Hall–Kier alpha value is -2.10. The van der Waals surface area contributed by atoms with Crippen LogP contribution in [0.5, 0.6) is 0 Å². The second kappa shape index (κ2) is 7.14. The Bertz CT molecular complexity index is 716. The quantitative estimate of drug-likeness (QED) is 0.697. The summed E-state index contributed by atoms with van der Waals surface area (Å²) in [6.07, 6.45) is 6.91. The van der Waals surface area contributed by atoms with Crippen LogP contribution >= 0.6 is 0 Å². The Morgan fingerprint density at radius 3 is 2.41 bits per heavy atom. The molecule has 2 saturated heterocycles. The number of nitriles is 3. The fourth-order valence-corrected chi connectivity index (χ4v) is 5.54. The van der Waals surface area contributed by atoms with Crippen molar-refractivity contribution in [3.8, 4) is 18.2 Å². The summed E-state index contributed by atoms with van der Waals surface area (Å²) in [6.45, 7) is 4.22. The highest BCUT2D eigenvalue weighted by Crippen LogP contribution is 2.67. The minimum absolute atomic E-state index is 0.242. The molecule has 2 heterocycles. The predicted octanol–water partition coefficient (Wildman–Crippen LogP) is 4.43. The van der Waals surface area contributed by atoms with Crippen molar-refractivity contribution in [1.82, 2.24) is 0 Å². The van der Waals surface area contributed by atoms with Crippen molar-refractivity contribution in [2.75, 3.05) is 0 Å². The van der Waals surface area contributed by atoms with E-state index in [1.165, 1.54) is 0 Å². The standard InChI is InChI=1S/C21H28N4O2/c1-3-5-6-8-17-19(12-22,13-23)20(14-24)16-11-15(7-4-2)9-10-21(16,26-17)27-18(20)25/h15-17,25H,3-11H2,1-2H3. The van der Waals surface area contributed by atoms with E-state index in [1.807, 2.05) is 0 Å². The van der Waals surface area contributed by atoms with Gasteiger partial charge >= 0.3 is 0 Å². The average molecular weight is 368 g/mol. The summed E-state index contributed by atoms with van der Waals surface area (Å²) in [4.78, 5) is 0. The second-order valence-electron chi connectivity index (χ2n) is 8.28. The Labute approximate surface area is 161 Å². The van der Waals surface area contributed by atoms with Gasteiger partial charge in [0.2, 0.25) is 11.7 Å². The Kier molecular flexibility index (Phi) is 5.20. The molecule has 5 atom stereocenters. The maximum Gasteiger partial charge on any atom is 0.217 e. The fourth-order valence-electron chi connectivity index (χ4n) is 5.54. The van der Waals surface area contributed by atoms with Crippen LogP contribution in [0.4, 0.5) is 0 Å². The van der Waals surface area contributed by atoms with Crippen LogP contribution in [0.25, 0.3) is 0 Å². The number of nitrogens with one attached hydrogen (secondary N) is 1. The lowest BCUT2D eigenvalue weighted by Crippen LogP contribution is -2.64. The molecule has 0 aromatic heterocycles. The van der Waals surface area contributed by atoms with Gasteiger partial charge < -0.3 is 9.47 Å². The van der Waals surface area contributed by atoms with E-state index in [1.54, 1.807) is 0 Å². The van der Waals surface area contributed by atoms with Gasteiger partial charge in [0.15, 0.2) is 10.8 Å². The van der Waals surface area contributed by atoms with E-state index in [0.717, 1.165) is 38.5 Å². The maximum absolute atomic E-state index is 10.2. The lowest BCUT2D eigenvalue weighted by molar-refractivity contribution is -0.297. The Balaban J connectivity index is 2.09. The fraction of sp³-hybridized carbons (Fsp3) is 0.810. The average Bonchev–Trinajstić information content (AvgIpc) is 2.87. The molecule has 6 nitrogen and oxygen atoms in total. The van der Waals surface area contributed by atoms with Crippen molar-refractivity contribution in [3.63, 3.8) is 0 Å². The molecule has 1 saturated carbocycles. The molecule has 2 aliphatic heterocycles. The van der Waals surface area contributed by atoms with E-state index in [9.17, 15) is 15.8 Å². The molecule has 5 unspecified atom stereocenters. The highest BCUT2D eigenvalue weighted by Gasteiger charge is 2.80. The number of rotatable bonds is 6. The van der Waals surface area contributed by atoms with E-state index in [0.29, 0.717) is 25.2 Å². The van der Waals surface area contributed by atoms with E-state index in [2.05, 4.69) is 32.1 Å². The molecule has 0 amide bonds. The molecule has 1 N–H and O–H groups in total. The highest BCUT2D eigenvalue weighted by molar-refractivity contribution is 5.89. The number of nitrogens with zero attached hydrogens (tertiary/aromatic N) is 3. The monoisotopic (exact) mass is 368 g/mol. The van der Waals surface area contributed by atoms with Crippen molar-refractivity contribution < 1.29 is 9.47 Å². The number of unbranched alkanes of at least 4 members (excludes halogenated alkanes) is 2. The SMILES string of the molecule is CCCCCC1OC23CCC(CCC)CC2C(C#N)(C(=N)O3)C1(C#N)C#N. The van der Waals surface area contributed by atoms with Crippen LogP contribution in [0, 0.1) is 62.1 Å². The molecule has 0 spiro atoms. The van der Waals surface area contributed by atoms with Crippen LogP contribution in [0.1, 0.15) is 71.6 Å². The lowest BCUT2D eigenvalue weighted by Gasteiger charge is -2.52. The van der Waals surface area contributed by atoms with E-state index < -0.39 is 28.6 Å². The molecule has 3 fully saturated rings. The summed E-state index contributed by atoms with van der Waals surface area (Å²) < 4.78 is 12.3. The zero-order chi connectivity index (χ0) is 19.7. The molecular weight excluding hydrogens is 340 g/mol. The molecule has 0 aromatic rings. The van der Waals surface area contributed by atoms with Gasteiger partial charge in [0, 0.05) is 6.42 Å². The summed E-state index contributed by atoms with van der Waals surface area (Å²) in [5.74, 6) is -1.29. The Morgan fingerprint density at radius 2 is 1.81 bits per heavy atom. The van der Waals surface area contributed by atoms with Crippen molar-refractivity contribution >= 4 is 5.90 Å². The van der Waals surface area contributed by atoms with Gasteiger partial charge in [-0.2, -0.15) is 15.8 Å². The topological polar surface area (TPSA) is 114 Å². The second-order valence-corrected chi connectivity index (χ2v) is 8.28. The van der Waals surface area contributed by atoms with Gasteiger partial charge in [0.25, 0.3) is 0 Å². The van der Waals surface area contributed by atoms with Crippen LogP contribution in [0.15, 0.2) is 0 Å².